The molecule has 1 saturated carbocycles. The highest BCUT2D eigenvalue weighted by Gasteiger charge is 2.54. The standard InChI is InChI=1S/C28H20ClFN8O2/c29-16-3-5-21(37-12-31-35-36-37)17(10-16)15-8-22-18-11-19(18)26(38(22)24(40)9-15)25-27(30)34-28(33-25)14-1-4-20-13(7-14)2-6-23(39)32-20/h1,3-5,7-10,12,18-19,26H,2,6,11H2,(H,32,39)(H,33,34). The number of amides is 1. The predicted molar refractivity (Wildman–Crippen MR) is 144 cm³/mol. The van der Waals surface area contributed by atoms with Crippen LogP contribution < -0.4 is 10.9 Å². The normalized spacial score (nSPS) is 20.6. The highest BCUT2D eigenvalue weighted by Crippen LogP contribution is 2.61. The summed E-state index contributed by atoms with van der Waals surface area (Å²) in [4.78, 5) is 32.7. The zero-order chi connectivity index (χ0) is 27.1. The molecule has 3 aliphatic rings. The van der Waals surface area contributed by atoms with Crippen molar-refractivity contribution < 1.29 is 9.18 Å². The van der Waals surface area contributed by atoms with Gasteiger partial charge in [0, 0.05) is 45.9 Å². The van der Waals surface area contributed by atoms with Gasteiger partial charge in [-0.1, -0.05) is 11.6 Å². The third kappa shape index (κ3) is 3.54. The van der Waals surface area contributed by atoms with E-state index in [9.17, 15) is 9.59 Å². The zero-order valence-corrected chi connectivity index (χ0v) is 21.6. The Morgan fingerprint density at radius 1 is 1.02 bits per heavy atom. The number of H-pyrrole nitrogens is 1. The van der Waals surface area contributed by atoms with Gasteiger partial charge in [0.15, 0.2) is 0 Å². The summed E-state index contributed by atoms with van der Waals surface area (Å²) in [5, 5.41) is 14.8. The number of halogens is 2. The van der Waals surface area contributed by atoms with Gasteiger partial charge in [-0.25, -0.2) is 4.98 Å². The third-order valence-electron chi connectivity index (χ3n) is 8.12. The van der Waals surface area contributed by atoms with Crippen molar-refractivity contribution in [2.24, 2.45) is 5.92 Å². The van der Waals surface area contributed by atoms with E-state index in [1.54, 1.807) is 34.9 Å². The smallest absolute Gasteiger partial charge is 0.251 e. The van der Waals surface area contributed by atoms with E-state index in [0.717, 1.165) is 34.5 Å². The van der Waals surface area contributed by atoms with Crippen molar-refractivity contribution in [3.63, 3.8) is 0 Å². The molecule has 8 rings (SSSR count). The largest absolute Gasteiger partial charge is 0.338 e. The van der Waals surface area contributed by atoms with E-state index in [2.05, 4.69) is 30.8 Å². The molecule has 2 aromatic carbocycles. The minimum Gasteiger partial charge on any atom is -0.338 e. The van der Waals surface area contributed by atoms with Crippen LogP contribution in [0.15, 0.2) is 59.7 Å². The number of aryl methyl sites for hydroxylation is 1. The Hall–Kier alpha value is -4.64. The SMILES string of the molecule is O=C1CCc2cc(-c3nc(F)c(C4C5CC5c5cc(-c6cc(Cl)ccc6-n6cnnn6)cc(=O)n54)[nH]3)ccc2N1. The van der Waals surface area contributed by atoms with Crippen molar-refractivity contribution >= 4 is 23.2 Å². The van der Waals surface area contributed by atoms with Crippen LogP contribution in [0.25, 0.3) is 28.2 Å². The fraction of sp³-hybridized carbons (Fsp3) is 0.214. The van der Waals surface area contributed by atoms with Crippen LogP contribution in [-0.4, -0.2) is 40.6 Å². The minimum absolute atomic E-state index is 0.0129. The van der Waals surface area contributed by atoms with E-state index in [0.29, 0.717) is 40.6 Å². The van der Waals surface area contributed by atoms with Gasteiger partial charge in [-0.3, -0.25) is 9.59 Å². The lowest BCUT2D eigenvalue weighted by atomic mass is 10.0. The molecule has 0 saturated heterocycles. The number of hydrogen-bond donors (Lipinski definition) is 2. The number of hydrogen-bond acceptors (Lipinski definition) is 6. The van der Waals surface area contributed by atoms with Crippen molar-refractivity contribution in [3.8, 4) is 28.2 Å². The van der Waals surface area contributed by atoms with Crippen molar-refractivity contribution in [2.45, 2.75) is 31.2 Å². The third-order valence-corrected chi connectivity index (χ3v) is 8.36. The Labute approximate surface area is 230 Å². The van der Waals surface area contributed by atoms with Crippen LogP contribution in [0.2, 0.25) is 5.02 Å². The summed E-state index contributed by atoms with van der Waals surface area (Å²) in [6.07, 6.45) is 3.37. The number of tetrazole rings is 1. The van der Waals surface area contributed by atoms with E-state index in [4.69, 9.17) is 11.6 Å². The molecule has 3 aromatic heterocycles. The number of carbonyl (C=O) groups is 1. The van der Waals surface area contributed by atoms with Crippen molar-refractivity contribution in [3.05, 3.63) is 93.1 Å². The lowest BCUT2D eigenvalue weighted by Gasteiger charge is -2.18. The van der Waals surface area contributed by atoms with Gasteiger partial charge in [0.25, 0.3) is 5.56 Å². The summed E-state index contributed by atoms with van der Waals surface area (Å²) in [6.45, 7) is 0. The Balaban J connectivity index is 1.19. The van der Waals surface area contributed by atoms with Crippen LogP contribution >= 0.6 is 11.6 Å². The summed E-state index contributed by atoms with van der Waals surface area (Å²) < 4.78 is 18.6. The van der Waals surface area contributed by atoms with Crippen LogP contribution in [0, 0.1) is 11.9 Å². The number of nitrogens with zero attached hydrogens (tertiary/aromatic N) is 6. The molecule has 5 aromatic rings. The Morgan fingerprint density at radius 2 is 1.93 bits per heavy atom. The molecule has 2 N–H and O–H groups in total. The molecule has 0 bridgehead atoms. The summed E-state index contributed by atoms with van der Waals surface area (Å²) >= 11 is 6.33. The average molecular weight is 555 g/mol. The summed E-state index contributed by atoms with van der Waals surface area (Å²) in [5.74, 6) is 0.0135. The Kier molecular flexibility index (Phi) is 4.90. The monoisotopic (exact) mass is 554 g/mol. The molecule has 198 valence electrons. The maximum absolute atomic E-state index is 15.4. The van der Waals surface area contributed by atoms with E-state index in [1.807, 2.05) is 18.2 Å². The number of aromatic nitrogens is 7. The van der Waals surface area contributed by atoms with Gasteiger partial charge in [-0.2, -0.15) is 9.07 Å². The number of aromatic amines is 1. The van der Waals surface area contributed by atoms with Crippen LogP contribution in [0.5, 0.6) is 0 Å². The summed E-state index contributed by atoms with van der Waals surface area (Å²) in [5.41, 5.74) is 5.52. The predicted octanol–water partition coefficient (Wildman–Crippen LogP) is 4.26. The maximum atomic E-state index is 15.4. The number of fused-ring (bicyclic) bond motifs is 4. The van der Waals surface area contributed by atoms with Crippen LogP contribution in [0.1, 0.15) is 41.8 Å². The molecule has 3 unspecified atom stereocenters. The zero-order valence-electron chi connectivity index (χ0n) is 20.8. The Morgan fingerprint density at radius 3 is 2.77 bits per heavy atom. The average Bonchev–Trinajstić information content (AvgIpc) is 3.23. The molecule has 0 spiro atoms. The summed E-state index contributed by atoms with van der Waals surface area (Å²) in [7, 11) is 0. The molecule has 0 radical (unpaired) electrons. The van der Waals surface area contributed by atoms with E-state index < -0.39 is 12.0 Å². The van der Waals surface area contributed by atoms with Gasteiger partial charge in [0.05, 0.1) is 17.4 Å². The molecule has 5 heterocycles. The highest BCUT2D eigenvalue weighted by atomic mass is 35.5. The number of rotatable bonds is 4. The van der Waals surface area contributed by atoms with Crippen molar-refractivity contribution in [1.82, 2.24) is 34.7 Å². The summed E-state index contributed by atoms with van der Waals surface area (Å²) in [6, 6.07) is 13.9. The number of benzene rings is 2. The lowest BCUT2D eigenvalue weighted by molar-refractivity contribution is -0.116. The molecular formula is C28H20ClFN8O2. The maximum Gasteiger partial charge on any atom is 0.251 e. The molecule has 40 heavy (non-hydrogen) atoms. The van der Waals surface area contributed by atoms with E-state index in [-0.39, 0.29) is 23.3 Å². The quantitative estimate of drug-likeness (QED) is 0.342. The number of carbonyl (C=O) groups excluding carboxylic acids is 1. The second-order valence-corrected chi connectivity index (χ2v) is 10.9. The fourth-order valence-electron chi connectivity index (χ4n) is 6.22. The van der Waals surface area contributed by atoms with Gasteiger partial charge in [0.1, 0.15) is 12.2 Å². The first-order valence-corrected chi connectivity index (χ1v) is 13.3. The lowest BCUT2D eigenvalue weighted by Crippen LogP contribution is -2.26. The van der Waals surface area contributed by atoms with Crippen LogP contribution in [0.3, 0.4) is 0 Å². The molecular weight excluding hydrogens is 535 g/mol. The molecule has 10 nitrogen and oxygen atoms in total. The number of nitrogens with one attached hydrogen (secondary N) is 2. The van der Waals surface area contributed by atoms with Crippen molar-refractivity contribution in [2.75, 3.05) is 5.32 Å². The van der Waals surface area contributed by atoms with Crippen molar-refractivity contribution in [1.29, 1.82) is 0 Å². The first kappa shape index (κ1) is 23.3. The Bertz CT molecular complexity index is 1910. The number of anilines is 1. The van der Waals surface area contributed by atoms with Gasteiger partial charge < -0.3 is 14.9 Å². The molecule has 12 heteroatoms. The van der Waals surface area contributed by atoms with Gasteiger partial charge in [-0.05, 0) is 82.8 Å². The number of imidazole rings is 1. The first-order valence-electron chi connectivity index (χ1n) is 12.9. The minimum atomic E-state index is -0.615. The fourth-order valence-corrected chi connectivity index (χ4v) is 6.39. The molecule has 2 aliphatic heterocycles. The van der Waals surface area contributed by atoms with E-state index in [1.165, 1.54) is 11.0 Å². The first-order chi connectivity index (χ1) is 19.4. The van der Waals surface area contributed by atoms with Crippen LogP contribution in [-0.2, 0) is 11.2 Å². The van der Waals surface area contributed by atoms with E-state index >= 15 is 4.39 Å². The molecule has 1 fully saturated rings. The van der Waals surface area contributed by atoms with Gasteiger partial charge in [-0.15, -0.1) is 5.10 Å². The van der Waals surface area contributed by atoms with Gasteiger partial charge in [0.2, 0.25) is 11.9 Å². The molecule has 1 aliphatic carbocycles. The van der Waals surface area contributed by atoms with Gasteiger partial charge >= 0.3 is 0 Å². The number of pyridine rings is 1. The second-order valence-electron chi connectivity index (χ2n) is 10.5. The highest BCUT2D eigenvalue weighted by molar-refractivity contribution is 6.31. The molecule has 3 atom stereocenters. The van der Waals surface area contributed by atoms with Crippen LogP contribution in [0.4, 0.5) is 10.1 Å². The topological polar surface area (TPSA) is 123 Å². The second kappa shape index (κ2) is 8.43. The molecule has 1 amide bonds.